The summed E-state index contributed by atoms with van der Waals surface area (Å²) in [5.74, 6) is -0.556. The van der Waals surface area contributed by atoms with Gasteiger partial charge in [0.2, 0.25) is 0 Å². The largest absolute Gasteiger partial charge is 0.676 e. The Hall–Kier alpha value is -1.92. The summed E-state index contributed by atoms with van der Waals surface area (Å²) >= 11 is 0. The van der Waals surface area contributed by atoms with E-state index in [2.05, 4.69) is 0 Å². The molecule has 0 bridgehead atoms. The van der Waals surface area contributed by atoms with Crippen LogP contribution in [0.5, 0.6) is 0 Å². The molecule has 0 N–H and O–H groups in total. The second kappa shape index (κ2) is 14.2. The fourth-order valence-electron chi connectivity index (χ4n) is 2.29. The minimum Gasteiger partial charge on any atom is -0.676 e. The number of esters is 2. The maximum absolute atomic E-state index is 11.3. The van der Waals surface area contributed by atoms with Crippen LogP contribution in [0.2, 0.25) is 0 Å². The summed E-state index contributed by atoms with van der Waals surface area (Å²) in [6.45, 7) is 5.27. The van der Waals surface area contributed by atoms with Gasteiger partial charge in [0.25, 0.3) is 5.97 Å². The summed E-state index contributed by atoms with van der Waals surface area (Å²) in [4.78, 5) is 22.6. The van der Waals surface area contributed by atoms with Gasteiger partial charge in [-0.25, -0.2) is 12.1 Å². The van der Waals surface area contributed by atoms with Gasteiger partial charge in [0, 0.05) is 37.9 Å². The molecular formula is C20H26FeO6-6. The first-order chi connectivity index (χ1) is 12.6. The second-order valence-electron chi connectivity index (χ2n) is 5.24. The van der Waals surface area contributed by atoms with Gasteiger partial charge in [-0.2, -0.15) is 6.07 Å². The predicted molar refractivity (Wildman–Crippen MR) is 97.4 cm³/mol. The molecule has 0 amide bonds. The Balaban J connectivity index is 0.000000483. The van der Waals surface area contributed by atoms with E-state index in [0.29, 0.717) is 37.6 Å². The van der Waals surface area contributed by atoms with Gasteiger partial charge in [-0.15, -0.1) is 5.56 Å². The van der Waals surface area contributed by atoms with Crippen LogP contribution < -0.4 is 0 Å². The van der Waals surface area contributed by atoms with Crippen LogP contribution in [-0.2, 0) is 49.2 Å². The number of carbonyl (C=O) groups excluding carboxylic acids is 2. The standard InChI is InChI=1S/2C10H13O3.Fe/c2*1-3-13-10(11)9-6-4-5-8(9)7-12-2;/h2*4-6H,3,7H2,1-2H3;/q-5;-1;. The van der Waals surface area contributed by atoms with E-state index in [1.54, 1.807) is 40.2 Å². The molecule has 6 nitrogen and oxygen atoms in total. The Morgan fingerprint density at radius 3 is 2.30 bits per heavy atom. The first-order valence-electron chi connectivity index (χ1n) is 8.40. The van der Waals surface area contributed by atoms with Crippen molar-refractivity contribution in [2.45, 2.75) is 27.1 Å². The molecule has 0 atom stereocenters. The number of hydrogen-bond acceptors (Lipinski definition) is 6. The Morgan fingerprint density at radius 1 is 1.04 bits per heavy atom. The Labute approximate surface area is 170 Å². The SMILES string of the molecule is CCOC(=O)[c-]1[cH-][cH-][cH-][c-]1COC.CCOC(=O)[c-]1cccc1COC.[Fe]. The minimum absolute atomic E-state index is 0. The second-order valence-corrected chi connectivity index (χ2v) is 5.24. The van der Waals surface area contributed by atoms with Gasteiger partial charge in [0.05, 0.1) is 13.2 Å². The molecule has 0 spiro atoms. The number of rotatable bonds is 8. The van der Waals surface area contributed by atoms with Crippen molar-refractivity contribution in [2.75, 3.05) is 27.4 Å². The van der Waals surface area contributed by atoms with Crippen molar-refractivity contribution >= 4 is 11.9 Å². The maximum Gasteiger partial charge on any atom is 0.281 e. The van der Waals surface area contributed by atoms with Crippen molar-refractivity contribution in [1.82, 2.24) is 0 Å². The summed E-state index contributed by atoms with van der Waals surface area (Å²) in [5, 5.41) is 0. The minimum atomic E-state index is -0.278. The van der Waals surface area contributed by atoms with Crippen LogP contribution in [0.25, 0.3) is 0 Å². The number of carbonyl (C=O) groups is 2. The number of ether oxygens (including phenoxy) is 4. The zero-order valence-electron chi connectivity index (χ0n) is 16.1. The van der Waals surface area contributed by atoms with Gasteiger partial charge in [0.15, 0.2) is 0 Å². The van der Waals surface area contributed by atoms with Crippen LogP contribution in [-0.4, -0.2) is 39.4 Å². The quantitative estimate of drug-likeness (QED) is 0.372. The molecule has 156 valence electrons. The molecule has 7 heteroatoms. The zero-order chi connectivity index (χ0) is 19.4. The van der Waals surface area contributed by atoms with Crippen molar-refractivity contribution in [2.24, 2.45) is 0 Å². The molecule has 0 radical (unpaired) electrons. The maximum atomic E-state index is 11.3. The van der Waals surface area contributed by atoms with E-state index < -0.39 is 0 Å². The van der Waals surface area contributed by atoms with Crippen LogP contribution in [0, 0.1) is 0 Å². The molecule has 2 aromatic rings. The van der Waals surface area contributed by atoms with E-state index in [-0.39, 0.29) is 29.0 Å². The average molecular weight is 418 g/mol. The van der Waals surface area contributed by atoms with E-state index in [1.165, 1.54) is 0 Å². The third-order valence-electron chi connectivity index (χ3n) is 3.40. The molecule has 27 heavy (non-hydrogen) atoms. The monoisotopic (exact) mass is 418 g/mol. The van der Waals surface area contributed by atoms with Crippen LogP contribution in [0.3, 0.4) is 0 Å². The molecular weight excluding hydrogens is 392 g/mol. The first kappa shape index (κ1) is 25.1. The van der Waals surface area contributed by atoms with Crippen molar-refractivity contribution in [3.63, 3.8) is 0 Å². The van der Waals surface area contributed by atoms with Gasteiger partial charge < -0.3 is 53.1 Å². The Bertz CT molecular complexity index is 615. The van der Waals surface area contributed by atoms with Crippen LogP contribution in [0.4, 0.5) is 0 Å². The molecule has 0 aliphatic heterocycles. The van der Waals surface area contributed by atoms with Crippen LogP contribution in [0.15, 0.2) is 36.4 Å². The van der Waals surface area contributed by atoms with Gasteiger partial charge in [-0.1, -0.05) is 12.6 Å². The molecule has 0 aliphatic carbocycles. The Morgan fingerprint density at radius 2 is 1.70 bits per heavy atom. The molecule has 0 aliphatic rings. The summed E-state index contributed by atoms with van der Waals surface area (Å²) < 4.78 is 19.7. The summed E-state index contributed by atoms with van der Waals surface area (Å²) in [7, 11) is 3.20. The van der Waals surface area contributed by atoms with E-state index in [9.17, 15) is 9.59 Å². The number of hydrogen-bond donors (Lipinski definition) is 0. The van der Waals surface area contributed by atoms with Crippen molar-refractivity contribution in [1.29, 1.82) is 0 Å². The van der Waals surface area contributed by atoms with Gasteiger partial charge in [0.1, 0.15) is 0 Å². The topological polar surface area (TPSA) is 71.1 Å². The molecule has 0 aromatic heterocycles. The Kier molecular flexibility index (Phi) is 13.2. The van der Waals surface area contributed by atoms with E-state index >= 15 is 0 Å². The molecule has 0 fully saturated rings. The van der Waals surface area contributed by atoms with Crippen molar-refractivity contribution in [3.05, 3.63) is 58.7 Å². The van der Waals surface area contributed by atoms with Gasteiger partial charge >= 0.3 is 0 Å². The van der Waals surface area contributed by atoms with Gasteiger partial charge in [-0.05, 0) is 19.4 Å². The smallest absolute Gasteiger partial charge is 0.281 e. The third kappa shape index (κ3) is 8.10. The van der Waals surface area contributed by atoms with Crippen LogP contribution in [0.1, 0.15) is 45.7 Å². The molecule has 0 saturated carbocycles. The van der Waals surface area contributed by atoms with Crippen LogP contribution >= 0.6 is 0 Å². The van der Waals surface area contributed by atoms with Gasteiger partial charge in [-0.3, -0.25) is 4.79 Å². The molecule has 0 unspecified atom stereocenters. The normalized spacial score (nSPS) is 9.63. The van der Waals surface area contributed by atoms with Crippen molar-refractivity contribution in [3.8, 4) is 0 Å². The fourth-order valence-corrected chi connectivity index (χ4v) is 2.29. The molecule has 2 rings (SSSR count). The molecule has 0 saturated heterocycles. The van der Waals surface area contributed by atoms with Crippen molar-refractivity contribution < 1.29 is 45.6 Å². The molecule has 0 heterocycles. The fraction of sp³-hybridized carbons (Fsp3) is 0.400. The third-order valence-corrected chi connectivity index (χ3v) is 3.40. The summed E-state index contributed by atoms with van der Waals surface area (Å²) in [6.07, 6.45) is 0. The van der Waals surface area contributed by atoms with E-state index in [1.807, 2.05) is 24.3 Å². The number of methoxy groups -OCH3 is 2. The first-order valence-corrected chi connectivity index (χ1v) is 8.40. The predicted octanol–water partition coefficient (Wildman–Crippen LogP) is 3.45. The zero-order valence-corrected chi connectivity index (χ0v) is 17.2. The van der Waals surface area contributed by atoms with E-state index in [0.717, 1.165) is 11.1 Å². The van der Waals surface area contributed by atoms with E-state index in [4.69, 9.17) is 18.9 Å². The summed E-state index contributed by atoms with van der Waals surface area (Å²) in [5.41, 5.74) is 2.95. The molecule has 2 aromatic carbocycles. The summed E-state index contributed by atoms with van der Waals surface area (Å²) in [6, 6.07) is 10.8. The average Bonchev–Trinajstić information content (AvgIpc) is 3.26.